The van der Waals surface area contributed by atoms with E-state index in [-0.39, 0.29) is 17.6 Å². The number of hydrogen-bond acceptors (Lipinski definition) is 4. The molecule has 6 heteroatoms. The fraction of sp³-hybridized carbons (Fsp3) is 0.636. The molecule has 1 amide bonds. The van der Waals surface area contributed by atoms with Crippen molar-refractivity contribution in [1.29, 1.82) is 0 Å². The van der Waals surface area contributed by atoms with E-state index in [0.717, 1.165) is 18.5 Å². The van der Waals surface area contributed by atoms with Crippen molar-refractivity contribution in [2.45, 2.75) is 31.7 Å². The Balaban J connectivity index is 2.03. The summed E-state index contributed by atoms with van der Waals surface area (Å²) < 4.78 is 4.95. The van der Waals surface area contributed by atoms with Crippen LogP contribution in [-0.4, -0.2) is 35.9 Å². The first kappa shape index (κ1) is 11.9. The van der Waals surface area contributed by atoms with E-state index in [1.165, 1.54) is 0 Å². The molecule has 0 aliphatic heterocycles. The van der Waals surface area contributed by atoms with Crippen LogP contribution in [-0.2, 0) is 4.74 Å². The average Bonchev–Trinajstić information content (AvgIpc) is 3.02. The summed E-state index contributed by atoms with van der Waals surface area (Å²) in [5.41, 5.74) is 7.57. The molecule has 6 nitrogen and oxygen atoms in total. The number of carbonyl (C=O) groups excluding carboxylic acids is 1. The van der Waals surface area contributed by atoms with Gasteiger partial charge < -0.3 is 15.8 Å². The molecule has 1 aliphatic carbocycles. The van der Waals surface area contributed by atoms with Gasteiger partial charge in [-0.25, -0.2) is 0 Å². The topological polar surface area (TPSA) is 93.0 Å². The smallest absolute Gasteiger partial charge is 0.274 e. The van der Waals surface area contributed by atoms with Gasteiger partial charge in [-0.2, -0.15) is 5.10 Å². The van der Waals surface area contributed by atoms with E-state index in [4.69, 9.17) is 10.5 Å². The lowest BCUT2D eigenvalue weighted by Crippen LogP contribution is -2.36. The van der Waals surface area contributed by atoms with Crippen LogP contribution < -0.4 is 11.1 Å². The second-order valence-electron chi connectivity index (χ2n) is 4.50. The molecule has 1 aliphatic rings. The van der Waals surface area contributed by atoms with Gasteiger partial charge in [-0.05, 0) is 19.8 Å². The van der Waals surface area contributed by atoms with Gasteiger partial charge in [0, 0.05) is 19.1 Å². The van der Waals surface area contributed by atoms with Crippen LogP contribution >= 0.6 is 0 Å². The van der Waals surface area contributed by atoms with Crippen molar-refractivity contribution in [3.8, 4) is 0 Å². The molecule has 1 aromatic heterocycles. The van der Waals surface area contributed by atoms with Crippen LogP contribution in [0.1, 0.15) is 41.9 Å². The number of aromatic amines is 1. The van der Waals surface area contributed by atoms with E-state index in [0.29, 0.717) is 18.2 Å². The Morgan fingerprint density at radius 3 is 3.00 bits per heavy atom. The minimum atomic E-state index is -0.254. The fourth-order valence-corrected chi connectivity index (χ4v) is 1.80. The number of ether oxygens (including phenoxy) is 1. The average molecular weight is 238 g/mol. The zero-order valence-electron chi connectivity index (χ0n) is 10.1. The second kappa shape index (κ2) is 4.75. The number of anilines is 1. The molecule has 94 valence electrons. The monoisotopic (exact) mass is 238 g/mol. The van der Waals surface area contributed by atoms with Crippen molar-refractivity contribution in [3.05, 3.63) is 11.4 Å². The van der Waals surface area contributed by atoms with Crippen LogP contribution in [0.15, 0.2) is 0 Å². The molecule has 0 aromatic carbocycles. The molecule has 1 heterocycles. The summed E-state index contributed by atoms with van der Waals surface area (Å²) in [6.45, 7) is 2.33. The van der Waals surface area contributed by atoms with Gasteiger partial charge in [0.15, 0.2) is 5.69 Å². The quantitative estimate of drug-likeness (QED) is 0.701. The zero-order valence-corrected chi connectivity index (χ0v) is 10.1. The van der Waals surface area contributed by atoms with Crippen LogP contribution in [0.5, 0.6) is 0 Å². The lowest BCUT2D eigenvalue weighted by Gasteiger charge is -2.11. The summed E-state index contributed by atoms with van der Waals surface area (Å²) in [6, 6.07) is -0.0621. The first-order valence-electron chi connectivity index (χ1n) is 5.77. The highest BCUT2D eigenvalue weighted by atomic mass is 16.5. The van der Waals surface area contributed by atoms with Crippen molar-refractivity contribution in [1.82, 2.24) is 15.5 Å². The van der Waals surface area contributed by atoms with Gasteiger partial charge in [0.05, 0.1) is 18.0 Å². The Morgan fingerprint density at radius 1 is 1.71 bits per heavy atom. The normalized spacial score (nSPS) is 16.8. The number of hydrogen-bond donors (Lipinski definition) is 3. The maximum atomic E-state index is 11.9. The molecular weight excluding hydrogens is 220 g/mol. The van der Waals surface area contributed by atoms with Crippen LogP contribution in [0.2, 0.25) is 0 Å². The maximum absolute atomic E-state index is 11.9. The van der Waals surface area contributed by atoms with Gasteiger partial charge in [0.2, 0.25) is 0 Å². The summed E-state index contributed by atoms with van der Waals surface area (Å²) >= 11 is 0. The third-order valence-corrected chi connectivity index (χ3v) is 2.83. The number of nitrogens with two attached hydrogens (primary N) is 1. The largest absolute Gasteiger partial charge is 0.395 e. The summed E-state index contributed by atoms with van der Waals surface area (Å²) in [6.07, 6.45) is 2.24. The predicted octanol–water partition coefficient (Wildman–Crippen LogP) is 0.634. The Labute approximate surface area is 99.9 Å². The van der Waals surface area contributed by atoms with E-state index in [9.17, 15) is 4.79 Å². The van der Waals surface area contributed by atoms with Gasteiger partial charge in [-0.3, -0.25) is 9.89 Å². The number of methoxy groups -OCH3 is 1. The van der Waals surface area contributed by atoms with Crippen molar-refractivity contribution in [2.24, 2.45) is 0 Å². The van der Waals surface area contributed by atoms with Crippen molar-refractivity contribution >= 4 is 11.6 Å². The standard InChI is InChI=1S/C11H18N4O2/c1-6(5-17-2)13-11(16)10-8(12)9(14-15-10)7-3-4-7/h6-7H,3-5,12H2,1-2H3,(H,13,16)(H,14,15). The van der Waals surface area contributed by atoms with E-state index in [2.05, 4.69) is 15.5 Å². The minimum Gasteiger partial charge on any atom is -0.395 e. The molecule has 0 bridgehead atoms. The molecule has 17 heavy (non-hydrogen) atoms. The van der Waals surface area contributed by atoms with Gasteiger partial charge in [0.25, 0.3) is 5.91 Å². The molecule has 0 spiro atoms. The number of rotatable bonds is 5. The highest BCUT2D eigenvalue weighted by molar-refractivity contribution is 5.97. The summed E-state index contributed by atoms with van der Waals surface area (Å²) in [7, 11) is 1.59. The van der Waals surface area contributed by atoms with Crippen molar-refractivity contribution in [3.63, 3.8) is 0 Å². The lowest BCUT2D eigenvalue weighted by atomic mass is 10.2. The third kappa shape index (κ3) is 2.58. The van der Waals surface area contributed by atoms with Crippen LogP contribution in [0, 0.1) is 0 Å². The van der Waals surface area contributed by atoms with Gasteiger partial charge in [-0.1, -0.05) is 0 Å². The number of nitrogen functional groups attached to an aromatic ring is 1. The van der Waals surface area contributed by atoms with Crippen LogP contribution in [0.3, 0.4) is 0 Å². The third-order valence-electron chi connectivity index (χ3n) is 2.83. The van der Waals surface area contributed by atoms with E-state index in [1.807, 2.05) is 6.92 Å². The van der Waals surface area contributed by atoms with Crippen LogP contribution in [0.4, 0.5) is 5.69 Å². The Kier molecular flexibility index (Phi) is 3.33. The van der Waals surface area contributed by atoms with Crippen molar-refractivity contribution in [2.75, 3.05) is 19.5 Å². The SMILES string of the molecule is COCC(C)NC(=O)c1n[nH]c(C2CC2)c1N. The number of amides is 1. The highest BCUT2D eigenvalue weighted by Crippen LogP contribution is 2.42. The highest BCUT2D eigenvalue weighted by Gasteiger charge is 2.30. The molecule has 0 saturated heterocycles. The number of H-pyrrole nitrogens is 1. The Bertz CT molecular complexity index is 412. The first-order valence-corrected chi connectivity index (χ1v) is 5.77. The molecule has 0 radical (unpaired) electrons. The Hall–Kier alpha value is -1.56. The van der Waals surface area contributed by atoms with Gasteiger partial charge >= 0.3 is 0 Å². The summed E-state index contributed by atoms with van der Waals surface area (Å²) in [5, 5.41) is 9.63. The number of aromatic nitrogens is 2. The molecule has 4 N–H and O–H groups in total. The Morgan fingerprint density at radius 2 is 2.41 bits per heavy atom. The van der Waals surface area contributed by atoms with E-state index < -0.39 is 0 Å². The summed E-state index contributed by atoms with van der Waals surface area (Å²) in [5.74, 6) is 0.204. The summed E-state index contributed by atoms with van der Waals surface area (Å²) in [4.78, 5) is 11.9. The number of carbonyl (C=O) groups is 1. The molecule has 1 atom stereocenters. The van der Waals surface area contributed by atoms with Crippen molar-refractivity contribution < 1.29 is 9.53 Å². The van der Waals surface area contributed by atoms with E-state index in [1.54, 1.807) is 7.11 Å². The molecule has 1 unspecified atom stereocenters. The zero-order chi connectivity index (χ0) is 12.4. The molecule has 1 aromatic rings. The second-order valence-corrected chi connectivity index (χ2v) is 4.50. The number of nitrogens with one attached hydrogen (secondary N) is 2. The van der Waals surface area contributed by atoms with Gasteiger partial charge in [-0.15, -0.1) is 0 Å². The first-order chi connectivity index (χ1) is 8.13. The fourth-order valence-electron chi connectivity index (χ4n) is 1.80. The molecular formula is C11H18N4O2. The molecule has 1 fully saturated rings. The van der Waals surface area contributed by atoms with E-state index >= 15 is 0 Å². The van der Waals surface area contributed by atoms with Gasteiger partial charge in [0.1, 0.15) is 0 Å². The lowest BCUT2D eigenvalue weighted by molar-refractivity contribution is 0.0901. The predicted molar refractivity (Wildman–Crippen MR) is 63.8 cm³/mol. The van der Waals surface area contributed by atoms with Crippen LogP contribution in [0.25, 0.3) is 0 Å². The maximum Gasteiger partial charge on any atom is 0.274 e. The molecule has 2 rings (SSSR count). The minimum absolute atomic E-state index is 0.0621. The molecule has 1 saturated carbocycles. The number of nitrogens with zero attached hydrogens (tertiary/aromatic N) is 1.